The lowest BCUT2D eigenvalue weighted by atomic mass is 10.2. The first kappa shape index (κ1) is 13.8. The van der Waals surface area contributed by atoms with E-state index in [1.165, 1.54) is 6.07 Å². The number of hydrogen-bond donors (Lipinski definition) is 2. The monoisotopic (exact) mass is 290 g/mol. The Balaban J connectivity index is 2.21. The maximum absolute atomic E-state index is 13.1. The van der Waals surface area contributed by atoms with E-state index in [1.54, 1.807) is 0 Å². The van der Waals surface area contributed by atoms with Crippen LogP contribution in [0.1, 0.15) is 16.0 Å². The fraction of sp³-hybridized carbons (Fsp3) is 0.0769. The molecule has 0 spiro atoms. The summed E-state index contributed by atoms with van der Waals surface area (Å²) in [5.41, 5.74) is 6.49. The zero-order valence-electron chi connectivity index (χ0n) is 10.1. The molecule has 0 aliphatic carbocycles. The minimum atomic E-state index is -0.937. The second-order valence-electron chi connectivity index (χ2n) is 3.87. The topological polar surface area (TPSA) is 85.6 Å². The number of anilines is 2. The van der Waals surface area contributed by atoms with Crippen LogP contribution in [0, 0.1) is 34.3 Å². The van der Waals surface area contributed by atoms with Gasteiger partial charge in [0.25, 0.3) is 0 Å². The molecule has 7 heteroatoms. The molecule has 20 heavy (non-hydrogen) atoms. The molecule has 2 aromatic rings. The predicted octanol–water partition coefficient (Wildman–Crippen LogP) is 2.96. The zero-order chi connectivity index (χ0) is 14.7. The zero-order valence-corrected chi connectivity index (χ0v) is 10.9. The van der Waals surface area contributed by atoms with Crippen molar-refractivity contribution in [3.63, 3.8) is 0 Å². The number of nitriles is 2. The molecule has 0 radical (unpaired) electrons. The molecule has 3 N–H and O–H groups in total. The average molecular weight is 290 g/mol. The van der Waals surface area contributed by atoms with Gasteiger partial charge in [0.15, 0.2) is 11.6 Å². The van der Waals surface area contributed by atoms with E-state index in [1.807, 2.05) is 12.1 Å². The highest BCUT2D eigenvalue weighted by Gasteiger charge is 2.15. The molecule has 0 unspecified atom stereocenters. The third kappa shape index (κ3) is 2.53. The fourth-order valence-corrected chi connectivity index (χ4v) is 2.46. The maximum atomic E-state index is 13.1. The molecule has 0 aliphatic heterocycles. The number of hydrogen-bond acceptors (Lipinski definition) is 5. The van der Waals surface area contributed by atoms with Gasteiger partial charge in [-0.3, -0.25) is 0 Å². The molecule has 0 amide bonds. The van der Waals surface area contributed by atoms with Crippen LogP contribution in [-0.2, 0) is 6.54 Å². The summed E-state index contributed by atoms with van der Waals surface area (Å²) in [4.78, 5) is 0.245. The average Bonchev–Trinajstić information content (AvgIpc) is 2.75. The Morgan fingerprint density at radius 3 is 2.55 bits per heavy atom. The van der Waals surface area contributed by atoms with E-state index in [9.17, 15) is 8.78 Å². The van der Waals surface area contributed by atoms with Crippen molar-refractivity contribution in [3.8, 4) is 12.1 Å². The number of rotatable bonds is 3. The number of nitrogens with zero attached hydrogens (tertiary/aromatic N) is 2. The van der Waals surface area contributed by atoms with Gasteiger partial charge in [-0.1, -0.05) is 6.07 Å². The van der Waals surface area contributed by atoms with Crippen molar-refractivity contribution < 1.29 is 8.78 Å². The first-order valence-corrected chi connectivity index (χ1v) is 6.28. The summed E-state index contributed by atoms with van der Waals surface area (Å²) in [5, 5.41) is 21.2. The van der Waals surface area contributed by atoms with E-state index >= 15 is 0 Å². The highest BCUT2D eigenvalue weighted by Crippen LogP contribution is 2.34. The summed E-state index contributed by atoms with van der Waals surface area (Å²) in [5.74, 6) is -1.85. The fourth-order valence-electron chi connectivity index (χ4n) is 1.59. The van der Waals surface area contributed by atoms with E-state index < -0.39 is 11.6 Å². The molecule has 0 fully saturated rings. The summed E-state index contributed by atoms with van der Waals surface area (Å²) in [6.07, 6.45) is 0. The van der Waals surface area contributed by atoms with Gasteiger partial charge in [0, 0.05) is 6.54 Å². The molecule has 2 rings (SSSR count). The van der Waals surface area contributed by atoms with Crippen molar-refractivity contribution in [1.82, 2.24) is 0 Å². The number of nitrogens with two attached hydrogens (primary N) is 1. The number of halogens is 2. The van der Waals surface area contributed by atoms with Crippen LogP contribution in [0.15, 0.2) is 18.2 Å². The number of nitrogen functional groups attached to an aromatic ring is 1. The number of nitrogens with one attached hydrogen (secondary N) is 1. The van der Waals surface area contributed by atoms with Gasteiger partial charge >= 0.3 is 0 Å². The maximum Gasteiger partial charge on any atom is 0.159 e. The van der Waals surface area contributed by atoms with Gasteiger partial charge < -0.3 is 11.1 Å². The van der Waals surface area contributed by atoms with Crippen LogP contribution < -0.4 is 11.1 Å². The van der Waals surface area contributed by atoms with Gasteiger partial charge in [-0.15, -0.1) is 11.3 Å². The highest BCUT2D eigenvalue weighted by molar-refractivity contribution is 7.17. The summed E-state index contributed by atoms with van der Waals surface area (Å²) in [6, 6.07) is 7.34. The second-order valence-corrected chi connectivity index (χ2v) is 4.90. The molecule has 4 nitrogen and oxygen atoms in total. The Labute approximate surface area is 117 Å². The molecule has 0 atom stereocenters. The van der Waals surface area contributed by atoms with Gasteiger partial charge in [0.2, 0.25) is 0 Å². The van der Waals surface area contributed by atoms with Crippen LogP contribution in [-0.4, -0.2) is 0 Å². The highest BCUT2D eigenvalue weighted by atomic mass is 32.1. The predicted molar refractivity (Wildman–Crippen MR) is 71.8 cm³/mol. The Hall–Kier alpha value is -2.64. The number of benzene rings is 1. The Bertz CT molecular complexity index is 740. The second kappa shape index (κ2) is 5.55. The van der Waals surface area contributed by atoms with Gasteiger partial charge in [-0.2, -0.15) is 10.5 Å². The van der Waals surface area contributed by atoms with Crippen LogP contribution in [0.25, 0.3) is 0 Å². The Morgan fingerprint density at radius 2 is 1.95 bits per heavy atom. The van der Waals surface area contributed by atoms with Crippen molar-refractivity contribution in [3.05, 3.63) is 45.8 Å². The third-order valence-electron chi connectivity index (χ3n) is 2.60. The Kier molecular flexibility index (Phi) is 3.83. The van der Waals surface area contributed by atoms with Gasteiger partial charge in [-0.25, -0.2) is 8.78 Å². The molecule has 1 aromatic carbocycles. The van der Waals surface area contributed by atoms with Crippen molar-refractivity contribution in [2.45, 2.75) is 6.54 Å². The minimum absolute atomic E-state index is 0.132. The molecule has 100 valence electrons. The molecule has 0 saturated carbocycles. The van der Waals surface area contributed by atoms with Crippen LogP contribution in [0.4, 0.5) is 19.5 Å². The Morgan fingerprint density at radius 1 is 1.20 bits per heavy atom. The van der Waals surface area contributed by atoms with E-state index in [0.29, 0.717) is 10.6 Å². The van der Waals surface area contributed by atoms with Crippen LogP contribution in [0.5, 0.6) is 0 Å². The van der Waals surface area contributed by atoms with Gasteiger partial charge in [0.1, 0.15) is 27.6 Å². The van der Waals surface area contributed by atoms with Gasteiger partial charge in [-0.05, 0) is 17.7 Å². The first-order valence-electron chi connectivity index (χ1n) is 5.47. The van der Waals surface area contributed by atoms with Crippen LogP contribution >= 0.6 is 11.3 Å². The molecular formula is C13H8F2N4S. The SMILES string of the molecule is N#Cc1sc(NCc2ccc(F)c(F)c2)c(C#N)c1N. The van der Waals surface area contributed by atoms with E-state index in [4.69, 9.17) is 16.3 Å². The molecule has 0 aliphatic rings. The lowest BCUT2D eigenvalue weighted by molar-refractivity contribution is 0.507. The van der Waals surface area contributed by atoms with Crippen molar-refractivity contribution in [2.75, 3.05) is 11.1 Å². The van der Waals surface area contributed by atoms with Crippen LogP contribution in [0.3, 0.4) is 0 Å². The normalized spacial score (nSPS) is 9.80. The summed E-state index contributed by atoms with van der Waals surface area (Å²) in [7, 11) is 0. The molecular weight excluding hydrogens is 282 g/mol. The lowest BCUT2D eigenvalue weighted by Crippen LogP contribution is -2.00. The van der Waals surface area contributed by atoms with Gasteiger partial charge in [0.05, 0.1) is 5.69 Å². The molecule has 1 heterocycles. The summed E-state index contributed by atoms with van der Waals surface area (Å²) in [6.45, 7) is 0.191. The third-order valence-corrected chi connectivity index (χ3v) is 3.66. The summed E-state index contributed by atoms with van der Waals surface area (Å²) < 4.78 is 25.9. The van der Waals surface area contributed by atoms with Crippen molar-refractivity contribution >= 4 is 22.0 Å². The van der Waals surface area contributed by atoms with Crippen LogP contribution in [0.2, 0.25) is 0 Å². The smallest absolute Gasteiger partial charge is 0.159 e. The summed E-state index contributed by atoms with van der Waals surface area (Å²) >= 11 is 1.05. The van der Waals surface area contributed by atoms with E-state index in [2.05, 4.69) is 5.32 Å². The lowest BCUT2D eigenvalue weighted by Gasteiger charge is -2.05. The first-order chi connectivity index (χ1) is 9.56. The molecule has 1 aromatic heterocycles. The standard InChI is InChI=1S/C13H8F2N4S/c14-9-2-1-7(3-10(9)15)6-19-13-8(4-16)12(18)11(5-17)20-13/h1-3,19H,6,18H2. The minimum Gasteiger partial charge on any atom is -0.396 e. The van der Waals surface area contributed by atoms with Crippen molar-refractivity contribution in [2.24, 2.45) is 0 Å². The molecule has 0 saturated heterocycles. The molecule has 0 bridgehead atoms. The van der Waals surface area contributed by atoms with Crippen molar-refractivity contribution in [1.29, 1.82) is 10.5 Å². The van der Waals surface area contributed by atoms with E-state index in [-0.39, 0.29) is 22.7 Å². The largest absolute Gasteiger partial charge is 0.396 e. The number of thiophene rings is 1. The van der Waals surface area contributed by atoms with E-state index in [0.717, 1.165) is 23.5 Å². The quantitative estimate of drug-likeness (QED) is 0.910.